The van der Waals surface area contributed by atoms with Crippen LogP contribution in [0, 0.1) is 5.92 Å². The van der Waals surface area contributed by atoms with Gasteiger partial charge in [-0.3, -0.25) is 4.79 Å². The summed E-state index contributed by atoms with van der Waals surface area (Å²) in [4.78, 5) is 35.1. The molecule has 0 unspecified atom stereocenters. The van der Waals surface area contributed by atoms with Crippen LogP contribution in [0.1, 0.15) is 18.7 Å². The van der Waals surface area contributed by atoms with Crippen molar-refractivity contribution in [2.24, 2.45) is 5.92 Å². The van der Waals surface area contributed by atoms with Crippen molar-refractivity contribution in [3.8, 4) is 11.4 Å². The molecule has 0 bridgehead atoms. The molecule has 4 heterocycles. The molecule has 0 aliphatic carbocycles. The van der Waals surface area contributed by atoms with Crippen LogP contribution < -0.4 is 10.6 Å². The number of rotatable bonds is 5. The summed E-state index contributed by atoms with van der Waals surface area (Å²) < 4.78 is 6.52. The van der Waals surface area contributed by atoms with E-state index in [4.69, 9.17) is 20.4 Å². The summed E-state index contributed by atoms with van der Waals surface area (Å²) in [5.74, 6) is 1.73. The van der Waals surface area contributed by atoms with Gasteiger partial charge in [0.2, 0.25) is 11.9 Å². The standard InChI is InChI=1S/C20H25N7O2S/c1-12(2)19(28)26(3)11-14-8-15-16(30-14)18(27-4-6-29-7-5-27)25-17(24-15)13-9-22-20(21)23-10-13/h8-10,12H,4-7,11H2,1-3H3,(H2,21,22,23). The Morgan fingerprint density at radius 2 is 1.97 bits per heavy atom. The van der Waals surface area contributed by atoms with Crippen LogP contribution in [0.3, 0.4) is 0 Å². The molecule has 1 aliphatic rings. The van der Waals surface area contributed by atoms with Gasteiger partial charge in [0.05, 0.1) is 35.5 Å². The Morgan fingerprint density at radius 3 is 2.63 bits per heavy atom. The van der Waals surface area contributed by atoms with Gasteiger partial charge in [-0.15, -0.1) is 11.3 Å². The molecule has 3 aromatic heterocycles. The van der Waals surface area contributed by atoms with Gasteiger partial charge in [0.15, 0.2) is 11.6 Å². The van der Waals surface area contributed by atoms with E-state index in [-0.39, 0.29) is 17.8 Å². The largest absolute Gasteiger partial charge is 0.378 e. The van der Waals surface area contributed by atoms with Crippen molar-refractivity contribution >= 4 is 39.2 Å². The zero-order valence-electron chi connectivity index (χ0n) is 17.3. The summed E-state index contributed by atoms with van der Waals surface area (Å²) in [6.45, 7) is 7.22. The number of carbonyl (C=O) groups excluding carboxylic acids is 1. The van der Waals surface area contributed by atoms with Gasteiger partial charge in [-0.1, -0.05) is 13.8 Å². The average molecular weight is 428 g/mol. The van der Waals surface area contributed by atoms with E-state index in [1.807, 2.05) is 27.0 Å². The molecule has 1 amide bonds. The van der Waals surface area contributed by atoms with Crippen LogP contribution in [0.25, 0.3) is 21.6 Å². The van der Waals surface area contributed by atoms with Crippen molar-refractivity contribution in [2.75, 3.05) is 44.0 Å². The van der Waals surface area contributed by atoms with Crippen LogP contribution in [-0.4, -0.2) is 64.1 Å². The Hall–Kier alpha value is -2.85. The summed E-state index contributed by atoms with van der Waals surface area (Å²) in [7, 11) is 1.83. The number of nitrogen functional groups attached to an aromatic ring is 1. The van der Waals surface area contributed by atoms with Gasteiger partial charge in [-0.05, 0) is 6.07 Å². The minimum atomic E-state index is -0.0369. The highest BCUT2D eigenvalue weighted by molar-refractivity contribution is 7.19. The van der Waals surface area contributed by atoms with Crippen molar-refractivity contribution in [1.29, 1.82) is 0 Å². The first-order chi connectivity index (χ1) is 14.4. The number of hydrogen-bond donors (Lipinski definition) is 1. The number of fused-ring (bicyclic) bond motifs is 1. The molecule has 1 fully saturated rings. The quantitative estimate of drug-likeness (QED) is 0.660. The third kappa shape index (κ3) is 4.19. The van der Waals surface area contributed by atoms with Crippen LogP contribution in [0.15, 0.2) is 18.5 Å². The van der Waals surface area contributed by atoms with Crippen LogP contribution in [0.5, 0.6) is 0 Å². The molecule has 3 aromatic rings. The van der Waals surface area contributed by atoms with E-state index >= 15 is 0 Å². The number of carbonyl (C=O) groups is 1. The Kier molecular flexibility index (Phi) is 5.78. The summed E-state index contributed by atoms with van der Waals surface area (Å²) >= 11 is 1.63. The molecule has 1 aliphatic heterocycles. The molecular formula is C20H25N7O2S. The molecular weight excluding hydrogens is 402 g/mol. The van der Waals surface area contributed by atoms with Gasteiger partial charge >= 0.3 is 0 Å². The van der Waals surface area contributed by atoms with E-state index in [0.717, 1.165) is 34.0 Å². The van der Waals surface area contributed by atoms with E-state index < -0.39 is 0 Å². The summed E-state index contributed by atoms with van der Waals surface area (Å²) in [6, 6.07) is 2.04. The van der Waals surface area contributed by atoms with Crippen LogP contribution in [0.2, 0.25) is 0 Å². The number of hydrogen-bond acceptors (Lipinski definition) is 9. The van der Waals surface area contributed by atoms with Crippen molar-refractivity contribution in [2.45, 2.75) is 20.4 Å². The Balaban J connectivity index is 1.75. The molecule has 30 heavy (non-hydrogen) atoms. The predicted octanol–water partition coefficient (Wildman–Crippen LogP) is 2.18. The van der Waals surface area contributed by atoms with E-state index in [9.17, 15) is 4.79 Å². The Labute approximate surface area is 178 Å². The normalized spacial score (nSPS) is 14.5. The summed E-state index contributed by atoms with van der Waals surface area (Å²) in [5, 5.41) is 0. The maximum atomic E-state index is 12.3. The number of ether oxygens (including phenoxy) is 1. The average Bonchev–Trinajstić information content (AvgIpc) is 3.15. The van der Waals surface area contributed by atoms with E-state index in [2.05, 4.69) is 14.9 Å². The first-order valence-corrected chi connectivity index (χ1v) is 10.7. The maximum Gasteiger partial charge on any atom is 0.225 e. The van der Waals surface area contributed by atoms with Gasteiger partial charge in [0, 0.05) is 43.3 Å². The van der Waals surface area contributed by atoms with Crippen molar-refractivity contribution in [3.63, 3.8) is 0 Å². The molecule has 9 nitrogen and oxygen atoms in total. The number of aromatic nitrogens is 4. The predicted molar refractivity (Wildman–Crippen MR) is 117 cm³/mol. The molecule has 2 N–H and O–H groups in total. The molecule has 0 saturated carbocycles. The smallest absolute Gasteiger partial charge is 0.225 e. The summed E-state index contributed by atoms with van der Waals surface area (Å²) in [5.41, 5.74) is 7.18. The SMILES string of the molecule is CC(C)C(=O)N(C)Cc1cc2nc(-c3cnc(N)nc3)nc(N3CCOCC3)c2s1. The van der Waals surface area contributed by atoms with Gasteiger partial charge < -0.3 is 20.3 Å². The number of anilines is 2. The zero-order valence-corrected chi connectivity index (χ0v) is 18.1. The first-order valence-electron chi connectivity index (χ1n) is 9.88. The second-order valence-electron chi connectivity index (χ2n) is 7.58. The van der Waals surface area contributed by atoms with Crippen LogP contribution >= 0.6 is 11.3 Å². The molecule has 1 saturated heterocycles. The number of nitrogens with zero attached hydrogens (tertiary/aromatic N) is 6. The number of thiophene rings is 1. The Bertz CT molecular complexity index is 1050. The second-order valence-corrected chi connectivity index (χ2v) is 8.71. The molecule has 0 atom stereocenters. The topological polar surface area (TPSA) is 110 Å². The number of amides is 1. The van der Waals surface area contributed by atoms with Gasteiger partial charge in [0.25, 0.3) is 0 Å². The maximum absolute atomic E-state index is 12.3. The molecule has 4 rings (SSSR count). The van der Waals surface area contributed by atoms with Crippen molar-refractivity contribution < 1.29 is 9.53 Å². The third-order valence-electron chi connectivity index (χ3n) is 4.91. The number of nitrogens with two attached hydrogens (primary N) is 1. The van der Waals surface area contributed by atoms with Crippen LogP contribution in [-0.2, 0) is 16.1 Å². The van der Waals surface area contributed by atoms with Crippen molar-refractivity contribution in [3.05, 3.63) is 23.3 Å². The molecule has 0 spiro atoms. The third-order valence-corrected chi connectivity index (χ3v) is 6.01. The van der Waals surface area contributed by atoms with Gasteiger partial charge in [-0.25, -0.2) is 19.9 Å². The molecule has 0 radical (unpaired) electrons. The monoisotopic (exact) mass is 427 g/mol. The fraction of sp³-hybridized carbons (Fsp3) is 0.450. The molecule has 10 heteroatoms. The van der Waals surface area contributed by atoms with Crippen molar-refractivity contribution in [1.82, 2.24) is 24.8 Å². The highest BCUT2D eigenvalue weighted by atomic mass is 32.1. The summed E-state index contributed by atoms with van der Waals surface area (Å²) in [6.07, 6.45) is 3.27. The lowest BCUT2D eigenvalue weighted by molar-refractivity contribution is -0.133. The second kappa shape index (κ2) is 8.49. The molecule has 0 aromatic carbocycles. The van der Waals surface area contributed by atoms with Gasteiger partial charge in [0.1, 0.15) is 0 Å². The van der Waals surface area contributed by atoms with E-state index in [0.29, 0.717) is 31.1 Å². The molecule has 158 valence electrons. The van der Waals surface area contributed by atoms with E-state index in [1.165, 1.54) is 0 Å². The minimum absolute atomic E-state index is 0.0369. The first kappa shape index (κ1) is 20.4. The Morgan fingerprint density at radius 1 is 1.27 bits per heavy atom. The fourth-order valence-electron chi connectivity index (χ4n) is 3.37. The highest BCUT2D eigenvalue weighted by Crippen LogP contribution is 2.34. The zero-order chi connectivity index (χ0) is 21.3. The highest BCUT2D eigenvalue weighted by Gasteiger charge is 2.21. The van der Waals surface area contributed by atoms with Crippen LogP contribution in [0.4, 0.5) is 11.8 Å². The van der Waals surface area contributed by atoms with E-state index in [1.54, 1.807) is 28.6 Å². The number of morpholine rings is 1. The lowest BCUT2D eigenvalue weighted by Gasteiger charge is -2.28. The van der Waals surface area contributed by atoms with Gasteiger partial charge in [-0.2, -0.15) is 0 Å². The lowest BCUT2D eigenvalue weighted by Crippen LogP contribution is -2.36. The fourth-order valence-corrected chi connectivity index (χ4v) is 4.53. The minimum Gasteiger partial charge on any atom is -0.378 e. The lowest BCUT2D eigenvalue weighted by atomic mass is 10.2.